The minimum Gasteiger partial charge on any atom is -0.484 e. The number of anilines is 1. The highest BCUT2D eigenvalue weighted by atomic mass is 16.5. The molecule has 146 valence electrons. The summed E-state index contributed by atoms with van der Waals surface area (Å²) in [6.45, 7) is 3.30. The number of hydrogen-bond donors (Lipinski definition) is 1. The Bertz CT molecular complexity index is 984. The smallest absolute Gasteiger partial charge is 0.232 e. The molecule has 28 heavy (non-hydrogen) atoms. The summed E-state index contributed by atoms with van der Waals surface area (Å²) in [6, 6.07) is 12.9. The van der Waals surface area contributed by atoms with Crippen molar-refractivity contribution in [1.82, 2.24) is 14.6 Å². The van der Waals surface area contributed by atoms with E-state index in [4.69, 9.17) is 10.5 Å². The lowest BCUT2D eigenvalue weighted by molar-refractivity contribution is 0.176. The van der Waals surface area contributed by atoms with Gasteiger partial charge < -0.3 is 15.4 Å². The number of fused-ring (bicyclic) bond motifs is 2. The summed E-state index contributed by atoms with van der Waals surface area (Å²) in [4.78, 5) is 2.36. The van der Waals surface area contributed by atoms with Crippen molar-refractivity contribution in [2.45, 2.75) is 57.2 Å². The van der Waals surface area contributed by atoms with Crippen LogP contribution < -0.4 is 15.4 Å². The van der Waals surface area contributed by atoms with Crippen LogP contribution in [0, 0.1) is 0 Å². The van der Waals surface area contributed by atoms with E-state index >= 15 is 0 Å². The molecule has 6 heteroatoms. The summed E-state index contributed by atoms with van der Waals surface area (Å²) in [5.74, 6) is 1.76. The molecule has 2 aliphatic rings. The molecular formula is C22H27N5O. The van der Waals surface area contributed by atoms with Crippen LogP contribution in [0.2, 0.25) is 0 Å². The average molecular weight is 377 g/mol. The first-order valence-electron chi connectivity index (χ1n) is 10.3. The van der Waals surface area contributed by atoms with E-state index in [9.17, 15) is 0 Å². The summed E-state index contributed by atoms with van der Waals surface area (Å²) >= 11 is 0. The summed E-state index contributed by atoms with van der Waals surface area (Å²) < 4.78 is 8.49. The van der Waals surface area contributed by atoms with E-state index in [1.54, 1.807) is 0 Å². The van der Waals surface area contributed by atoms with Gasteiger partial charge in [-0.3, -0.25) is 4.40 Å². The van der Waals surface area contributed by atoms with Gasteiger partial charge >= 0.3 is 0 Å². The number of ether oxygens (including phenoxy) is 1. The maximum absolute atomic E-state index is 6.43. The molecule has 1 saturated heterocycles. The molecule has 2 aromatic heterocycles. The molecule has 1 fully saturated rings. The van der Waals surface area contributed by atoms with Crippen LogP contribution in [0.15, 0.2) is 42.6 Å². The number of pyridine rings is 1. The van der Waals surface area contributed by atoms with Crippen molar-refractivity contribution >= 4 is 11.6 Å². The number of benzene rings is 1. The van der Waals surface area contributed by atoms with Crippen molar-refractivity contribution in [1.29, 1.82) is 0 Å². The molecule has 0 bridgehead atoms. The number of nitrogens with two attached hydrogens (primary N) is 1. The Hall–Kier alpha value is -2.60. The number of rotatable bonds is 3. The molecule has 3 atom stereocenters. The predicted molar refractivity (Wildman–Crippen MR) is 110 cm³/mol. The molecule has 5 rings (SSSR count). The van der Waals surface area contributed by atoms with E-state index < -0.39 is 0 Å². The van der Waals surface area contributed by atoms with Gasteiger partial charge in [-0.25, -0.2) is 0 Å². The van der Waals surface area contributed by atoms with Crippen LogP contribution in [0.4, 0.5) is 5.95 Å². The van der Waals surface area contributed by atoms with Crippen molar-refractivity contribution in [3.05, 3.63) is 53.7 Å². The van der Waals surface area contributed by atoms with Crippen LogP contribution in [0.25, 0.3) is 5.65 Å². The fourth-order valence-electron chi connectivity index (χ4n) is 4.59. The molecular weight excluding hydrogens is 350 g/mol. The van der Waals surface area contributed by atoms with Crippen molar-refractivity contribution in [3.63, 3.8) is 0 Å². The zero-order chi connectivity index (χ0) is 19.1. The molecule has 0 spiro atoms. The van der Waals surface area contributed by atoms with E-state index in [0.29, 0.717) is 6.04 Å². The van der Waals surface area contributed by atoms with Gasteiger partial charge in [-0.15, -0.1) is 10.2 Å². The molecule has 1 aromatic carbocycles. The van der Waals surface area contributed by atoms with Crippen molar-refractivity contribution in [2.75, 3.05) is 11.4 Å². The van der Waals surface area contributed by atoms with Gasteiger partial charge in [0.2, 0.25) is 5.95 Å². The highest BCUT2D eigenvalue weighted by Crippen LogP contribution is 2.37. The van der Waals surface area contributed by atoms with Gasteiger partial charge in [0.05, 0.1) is 6.20 Å². The monoisotopic (exact) mass is 377 g/mol. The largest absolute Gasteiger partial charge is 0.484 e. The van der Waals surface area contributed by atoms with E-state index in [-0.39, 0.29) is 12.1 Å². The molecule has 3 unspecified atom stereocenters. The quantitative estimate of drug-likeness (QED) is 0.746. The Morgan fingerprint density at radius 3 is 2.71 bits per heavy atom. The number of piperidine rings is 1. The van der Waals surface area contributed by atoms with E-state index in [1.165, 1.54) is 30.4 Å². The molecule has 0 amide bonds. The molecule has 3 aromatic rings. The first-order valence-corrected chi connectivity index (χ1v) is 10.3. The predicted octanol–water partition coefficient (Wildman–Crippen LogP) is 4.02. The fourth-order valence-corrected chi connectivity index (χ4v) is 4.59. The van der Waals surface area contributed by atoms with Crippen molar-refractivity contribution < 1.29 is 4.74 Å². The number of aromatic nitrogens is 3. The van der Waals surface area contributed by atoms with Crippen LogP contribution in [0.5, 0.6) is 5.75 Å². The Kier molecular flexibility index (Phi) is 4.43. The molecule has 2 N–H and O–H groups in total. The summed E-state index contributed by atoms with van der Waals surface area (Å²) in [6.07, 6.45) is 7.61. The SMILES string of the molecule is CC1CCCCN1c1nnc2ccc(OC3CCC(N)c4ccccc43)cn12. The fraction of sp³-hybridized carbons (Fsp3) is 0.455. The van der Waals surface area contributed by atoms with Gasteiger partial charge in [-0.05, 0) is 62.3 Å². The third kappa shape index (κ3) is 3.02. The van der Waals surface area contributed by atoms with Crippen molar-refractivity contribution in [2.24, 2.45) is 5.73 Å². The number of nitrogens with zero attached hydrogens (tertiary/aromatic N) is 4. The second kappa shape index (κ2) is 7.09. The van der Waals surface area contributed by atoms with Gasteiger partial charge in [0.15, 0.2) is 5.65 Å². The van der Waals surface area contributed by atoms with E-state index in [0.717, 1.165) is 36.7 Å². The van der Waals surface area contributed by atoms with Crippen LogP contribution in [-0.4, -0.2) is 27.2 Å². The molecule has 3 heterocycles. The Morgan fingerprint density at radius 2 is 1.86 bits per heavy atom. The lowest BCUT2D eigenvalue weighted by atomic mass is 9.86. The van der Waals surface area contributed by atoms with E-state index in [2.05, 4.69) is 50.7 Å². The van der Waals surface area contributed by atoms with Crippen LogP contribution in [0.1, 0.15) is 62.3 Å². The van der Waals surface area contributed by atoms with Crippen molar-refractivity contribution in [3.8, 4) is 5.75 Å². The maximum atomic E-state index is 6.43. The first kappa shape index (κ1) is 17.5. The lowest BCUT2D eigenvalue weighted by Crippen LogP contribution is -2.38. The molecule has 0 radical (unpaired) electrons. The Labute approximate surface area is 165 Å². The zero-order valence-corrected chi connectivity index (χ0v) is 16.3. The van der Waals surface area contributed by atoms with E-state index in [1.807, 2.05) is 18.3 Å². The summed E-state index contributed by atoms with van der Waals surface area (Å²) in [5.41, 5.74) is 9.55. The standard InChI is InChI=1S/C22H27N5O/c1-15-6-4-5-13-26(15)22-25-24-21-12-9-16(14-27(21)22)28-20-11-10-19(23)17-7-2-3-8-18(17)20/h2-3,7-9,12,14-15,19-20H,4-6,10-11,13,23H2,1H3. The summed E-state index contributed by atoms with van der Waals surface area (Å²) in [7, 11) is 0. The Morgan fingerprint density at radius 1 is 1.00 bits per heavy atom. The van der Waals surface area contributed by atoms with Crippen LogP contribution in [-0.2, 0) is 0 Å². The lowest BCUT2D eigenvalue weighted by Gasteiger charge is -2.33. The topological polar surface area (TPSA) is 68.7 Å². The second-order valence-corrected chi connectivity index (χ2v) is 8.05. The van der Waals surface area contributed by atoms with Gasteiger partial charge in [-0.1, -0.05) is 24.3 Å². The average Bonchev–Trinajstić information content (AvgIpc) is 3.14. The third-order valence-electron chi connectivity index (χ3n) is 6.18. The maximum Gasteiger partial charge on any atom is 0.232 e. The molecule has 6 nitrogen and oxygen atoms in total. The highest BCUT2D eigenvalue weighted by Gasteiger charge is 2.27. The third-order valence-corrected chi connectivity index (χ3v) is 6.18. The Balaban J connectivity index is 1.46. The zero-order valence-electron chi connectivity index (χ0n) is 16.3. The normalized spacial score (nSPS) is 24.9. The minimum atomic E-state index is 0.0299. The molecule has 0 saturated carbocycles. The number of hydrogen-bond acceptors (Lipinski definition) is 5. The van der Waals surface area contributed by atoms with Gasteiger partial charge in [0.25, 0.3) is 0 Å². The van der Waals surface area contributed by atoms with Crippen LogP contribution in [0.3, 0.4) is 0 Å². The first-order chi connectivity index (χ1) is 13.7. The van der Waals surface area contributed by atoms with Crippen LogP contribution >= 0.6 is 0 Å². The van der Waals surface area contributed by atoms with Gasteiger partial charge in [0.1, 0.15) is 11.9 Å². The van der Waals surface area contributed by atoms with Gasteiger partial charge in [0, 0.05) is 18.6 Å². The molecule has 1 aliphatic carbocycles. The molecule has 1 aliphatic heterocycles. The second-order valence-electron chi connectivity index (χ2n) is 8.05. The van der Waals surface area contributed by atoms with Gasteiger partial charge in [-0.2, -0.15) is 0 Å². The minimum absolute atomic E-state index is 0.0299. The summed E-state index contributed by atoms with van der Waals surface area (Å²) in [5, 5.41) is 8.83. The highest BCUT2D eigenvalue weighted by molar-refractivity contribution is 5.49.